The van der Waals surface area contributed by atoms with E-state index in [2.05, 4.69) is 10.3 Å². The van der Waals surface area contributed by atoms with E-state index < -0.39 is 0 Å². The lowest BCUT2D eigenvalue weighted by atomic mass is 10.2. The number of rotatable bonds is 5. The maximum Gasteiger partial charge on any atom is 0.246 e. The molecule has 0 radical (unpaired) electrons. The number of aromatic nitrogens is 1. The number of carbonyl (C=O) groups is 1. The van der Waals surface area contributed by atoms with E-state index >= 15 is 0 Å². The van der Waals surface area contributed by atoms with Crippen molar-refractivity contribution in [3.63, 3.8) is 0 Å². The largest absolute Gasteiger partial charge is 0.366 e. The monoisotopic (exact) mass is 256 g/mol. The number of ether oxygens (including phenoxy) is 1. The lowest BCUT2D eigenvalue weighted by molar-refractivity contribution is -0.130. The molecule has 0 aliphatic heterocycles. The van der Waals surface area contributed by atoms with E-state index in [1.54, 1.807) is 11.3 Å². The van der Waals surface area contributed by atoms with Crippen LogP contribution in [-0.2, 0) is 16.0 Å². The van der Waals surface area contributed by atoms with Gasteiger partial charge in [0.05, 0.1) is 10.6 Å². The molecular formula is C12H20N2O2S. The Kier molecular flexibility index (Phi) is 5.08. The number of thiazole rings is 1. The maximum absolute atomic E-state index is 11.4. The number of hydrogen-bond donors (Lipinski definition) is 1. The van der Waals surface area contributed by atoms with E-state index in [9.17, 15) is 4.79 Å². The summed E-state index contributed by atoms with van der Waals surface area (Å²) in [6, 6.07) is 0. The van der Waals surface area contributed by atoms with Crippen LogP contribution in [0.25, 0.3) is 0 Å². The summed E-state index contributed by atoms with van der Waals surface area (Å²) >= 11 is 1.63. The average molecular weight is 256 g/mol. The van der Waals surface area contributed by atoms with E-state index in [1.165, 1.54) is 0 Å². The van der Waals surface area contributed by atoms with Gasteiger partial charge in [-0.25, -0.2) is 4.98 Å². The van der Waals surface area contributed by atoms with Crippen LogP contribution in [0.1, 0.15) is 31.5 Å². The van der Waals surface area contributed by atoms with Crippen LogP contribution >= 0.6 is 11.3 Å². The predicted molar refractivity (Wildman–Crippen MR) is 69.3 cm³/mol. The molecule has 0 aliphatic rings. The zero-order chi connectivity index (χ0) is 12.9. The average Bonchev–Trinajstić information content (AvgIpc) is 2.60. The quantitative estimate of drug-likeness (QED) is 0.875. The van der Waals surface area contributed by atoms with Crippen molar-refractivity contribution in [1.82, 2.24) is 10.3 Å². The molecule has 0 fully saturated rings. The molecule has 0 unspecified atom stereocenters. The van der Waals surface area contributed by atoms with Crippen molar-refractivity contribution >= 4 is 17.2 Å². The highest BCUT2D eigenvalue weighted by Crippen LogP contribution is 2.08. The van der Waals surface area contributed by atoms with E-state index in [0.717, 1.165) is 17.1 Å². The van der Waals surface area contributed by atoms with Gasteiger partial charge in [0, 0.05) is 24.0 Å². The van der Waals surface area contributed by atoms with Crippen molar-refractivity contribution in [2.45, 2.75) is 39.7 Å². The van der Waals surface area contributed by atoms with Crippen molar-refractivity contribution in [2.24, 2.45) is 0 Å². The third kappa shape index (κ3) is 6.38. The fourth-order valence-corrected chi connectivity index (χ4v) is 1.94. The van der Waals surface area contributed by atoms with Gasteiger partial charge in [-0.3, -0.25) is 4.79 Å². The molecule has 4 nitrogen and oxygen atoms in total. The number of amides is 1. The highest BCUT2D eigenvalue weighted by atomic mass is 32.1. The Morgan fingerprint density at radius 1 is 1.53 bits per heavy atom. The van der Waals surface area contributed by atoms with Crippen LogP contribution in [-0.4, -0.2) is 29.6 Å². The maximum atomic E-state index is 11.4. The van der Waals surface area contributed by atoms with E-state index in [-0.39, 0.29) is 18.1 Å². The molecule has 0 saturated heterocycles. The van der Waals surface area contributed by atoms with Crippen LogP contribution in [0.5, 0.6) is 0 Å². The summed E-state index contributed by atoms with van der Waals surface area (Å²) in [6.07, 6.45) is 0.778. The van der Waals surface area contributed by atoms with Crippen molar-refractivity contribution in [3.05, 3.63) is 16.1 Å². The molecule has 1 aromatic heterocycles. The van der Waals surface area contributed by atoms with Crippen LogP contribution in [0.2, 0.25) is 0 Å². The van der Waals surface area contributed by atoms with Crippen LogP contribution < -0.4 is 5.32 Å². The molecule has 0 bridgehead atoms. The highest BCUT2D eigenvalue weighted by Gasteiger charge is 2.12. The third-order valence-electron chi connectivity index (χ3n) is 1.96. The minimum absolute atomic E-state index is 0.0757. The first-order valence-electron chi connectivity index (χ1n) is 5.68. The van der Waals surface area contributed by atoms with Gasteiger partial charge < -0.3 is 10.1 Å². The highest BCUT2D eigenvalue weighted by molar-refractivity contribution is 7.09. The molecule has 0 atom stereocenters. The van der Waals surface area contributed by atoms with Crippen LogP contribution in [0.15, 0.2) is 5.38 Å². The van der Waals surface area contributed by atoms with Crippen LogP contribution in [0.3, 0.4) is 0 Å². The van der Waals surface area contributed by atoms with Gasteiger partial charge in [0.2, 0.25) is 5.91 Å². The topological polar surface area (TPSA) is 51.2 Å². The molecule has 0 aliphatic carbocycles. The number of nitrogens with one attached hydrogen (secondary N) is 1. The zero-order valence-electron chi connectivity index (χ0n) is 10.9. The van der Waals surface area contributed by atoms with Gasteiger partial charge in [0.15, 0.2) is 0 Å². The van der Waals surface area contributed by atoms with Gasteiger partial charge in [-0.1, -0.05) is 0 Å². The van der Waals surface area contributed by atoms with Gasteiger partial charge in [0.1, 0.15) is 6.61 Å². The Balaban J connectivity index is 2.16. The summed E-state index contributed by atoms with van der Waals surface area (Å²) < 4.78 is 5.37. The fourth-order valence-electron chi connectivity index (χ4n) is 1.16. The van der Waals surface area contributed by atoms with Crippen molar-refractivity contribution in [3.8, 4) is 0 Å². The molecule has 0 aromatic carbocycles. The predicted octanol–water partition coefficient (Wildman–Crippen LogP) is 1.93. The second-order valence-electron chi connectivity index (χ2n) is 4.88. The second kappa shape index (κ2) is 6.12. The Bertz CT molecular complexity index is 369. The summed E-state index contributed by atoms with van der Waals surface area (Å²) in [5, 5.41) is 5.88. The van der Waals surface area contributed by atoms with Gasteiger partial charge in [0.25, 0.3) is 0 Å². The smallest absolute Gasteiger partial charge is 0.246 e. The molecule has 17 heavy (non-hydrogen) atoms. The summed E-state index contributed by atoms with van der Waals surface area (Å²) in [7, 11) is 0. The molecule has 1 N–H and O–H groups in total. The molecular weight excluding hydrogens is 236 g/mol. The molecule has 1 amide bonds. The number of nitrogens with zero attached hydrogens (tertiary/aromatic N) is 1. The summed E-state index contributed by atoms with van der Waals surface area (Å²) in [4.78, 5) is 15.8. The second-order valence-corrected chi connectivity index (χ2v) is 5.83. The SMILES string of the molecule is Cc1csc(CCNC(=O)COC(C)(C)C)n1. The minimum atomic E-state index is -0.274. The molecule has 5 heteroatoms. The Morgan fingerprint density at radius 2 is 2.24 bits per heavy atom. The summed E-state index contributed by atoms with van der Waals surface area (Å²) in [5.74, 6) is -0.0757. The van der Waals surface area contributed by atoms with E-state index in [4.69, 9.17) is 4.74 Å². The number of carbonyl (C=O) groups excluding carboxylic acids is 1. The Labute approximate surface area is 106 Å². The lowest BCUT2D eigenvalue weighted by Crippen LogP contribution is -2.33. The summed E-state index contributed by atoms with van der Waals surface area (Å²) in [6.45, 7) is 8.48. The lowest BCUT2D eigenvalue weighted by Gasteiger charge is -2.18. The summed E-state index contributed by atoms with van der Waals surface area (Å²) in [5.41, 5.74) is 0.761. The van der Waals surface area contributed by atoms with Crippen molar-refractivity contribution in [2.75, 3.05) is 13.2 Å². The molecule has 0 saturated carbocycles. The standard InChI is InChI=1S/C12H20N2O2S/c1-9-8-17-11(14-9)5-6-13-10(15)7-16-12(2,3)4/h8H,5-7H2,1-4H3,(H,13,15). The van der Waals surface area contributed by atoms with Crippen molar-refractivity contribution < 1.29 is 9.53 Å². The van der Waals surface area contributed by atoms with Gasteiger partial charge in [-0.05, 0) is 27.7 Å². The van der Waals surface area contributed by atoms with E-state index in [0.29, 0.717) is 6.54 Å². The number of aryl methyl sites for hydroxylation is 1. The first-order chi connectivity index (χ1) is 7.87. The molecule has 1 heterocycles. The Hall–Kier alpha value is -0.940. The zero-order valence-corrected chi connectivity index (χ0v) is 11.7. The molecule has 96 valence electrons. The van der Waals surface area contributed by atoms with E-state index in [1.807, 2.05) is 33.1 Å². The van der Waals surface area contributed by atoms with Crippen LogP contribution in [0, 0.1) is 6.92 Å². The minimum Gasteiger partial charge on any atom is -0.366 e. The third-order valence-corrected chi connectivity index (χ3v) is 2.99. The van der Waals surface area contributed by atoms with Gasteiger partial charge in [-0.2, -0.15) is 0 Å². The first-order valence-corrected chi connectivity index (χ1v) is 6.56. The fraction of sp³-hybridized carbons (Fsp3) is 0.667. The van der Waals surface area contributed by atoms with Crippen molar-refractivity contribution in [1.29, 1.82) is 0 Å². The normalized spacial score (nSPS) is 11.5. The van der Waals surface area contributed by atoms with Gasteiger partial charge >= 0.3 is 0 Å². The molecule has 0 spiro atoms. The molecule has 1 aromatic rings. The first kappa shape index (κ1) is 14.1. The van der Waals surface area contributed by atoms with Gasteiger partial charge in [-0.15, -0.1) is 11.3 Å². The number of hydrogen-bond acceptors (Lipinski definition) is 4. The van der Waals surface area contributed by atoms with Crippen LogP contribution in [0.4, 0.5) is 0 Å². The Morgan fingerprint density at radius 3 is 2.76 bits per heavy atom. The molecule has 1 rings (SSSR count).